The molecule has 1 heterocycles. The van der Waals surface area contributed by atoms with Gasteiger partial charge < -0.3 is 19.5 Å². The van der Waals surface area contributed by atoms with Crippen LogP contribution in [0.5, 0.6) is 5.75 Å². The van der Waals surface area contributed by atoms with Crippen LogP contribution in [-0.4, -0.2) is 32.4 Å². The molecule has 0 aromatic heterocycles. The highest BCUT2D eigenvalue weighted by Crippen LogP contribution is 2.26. The first-order valence-electron chi connectivity index (χ1n) is 7.62. The molecule has 2 aromatic rings. The van der Waals surface area contributed by atoms with Crippen molar-refractivity contribution in [1.29, 1.82) is 0 Å². The largest absolute Gasteiger partial charge is 0.492 e. The third kappa shape index (κ3) is 4.31. The minimum atomic E-state index is -0.242. The molecule has 2 aromatic carbocycles. The molecule has 0 saturated carbocycles. The quantitative estimate of drug-likeness (QED) is 0.798. The van der Waals surface area contributed by atoms with Gasteiger partial charge in [-0.3, -0.25) is 0 Å². The zero-order valence-corrected chi connectivity index (χ0v) is 12.5. The highest BCUT2D eigenvalue weighted by molar-refractivity contribution is 5.20. The van der Waals surface area contributed by atoms with Gasteiger partial charge in [-0.15, -0.1) is 0 Å². The molecular weight excluding hydrogens is 278 g/mol. The van der Waals surface area contributed by atoms with Crippen LogP contribution in [0.15, 0.2) is 60.7 Å². The molecule has 3 rings (SSSR count). The van der Waals surface area contributed by atoms with E-state index in [1.54, 1.807) is 0 Å². The maximum absolute atomic E-state index is 5.89. The van der Waals surface area contributed by atoms with E-state index in [1.807, 2.05) is 60.7 Å². The van der Waals surface area contributed by atoms with Gasteiger partial charge in [0, 0.05) is 18.7 Å². The third-order valence-corrected chi connectivity index (χ3v) is 3.48. The van der Waals surface area contributed by atoms with Crippen molar-refractivity contribution in [3.63, 3.8) is 0 Å². The summed E-state index contributed by atoms with van der Waals surface area (Å²) < 4.78 is 17.2. The van der Waals surface area contributed by atoms with Gasteiger partial charge in [0.1, 0.15) is 12.4 Å². The molecule has 116 valence electrons. The summed E-state index contributed by atoms with van der Waals surface area (Å²) >= 11 is 0. The Bertz CT molecular complexity index is 547. The lowest BCUT2D eigenvalue weighted by molar-refractivity contribution is -0.0596. The molecule has 1 N–H and O–H groups in total. The Kier molecular flexibility index (Phi) is 5.42. The molecule has 0 spiro atoms. The van der Waals surface area contributed by atoms with Gasteiger partial charge in [0.05, 0.1) is 12.7 Å². The number of rotatable bonds is 7. The minimum absolute atomic E-state index is 0.0851. The van der Waals surface area contributed by atoms with Crippen molar-refractivity contribution in [2.45, 2.75) is 12.4 Å². The highest BCUT2D eigenvalue weighted by Gasteiger charge is 2.26. The third-order valence-electron chi connectivity index (χ3n) is 3.48. The second-order valence-corrected chi connectivity index (χ2v) is 5.20. The van der Waals surface area contributed by atoms with E-state index >= 15 is 0 Å². The molecule has 1 aliphatic heterocycles. The van der Waals surface area contributed by atoms with Crippen LogP contribution in [0.3, 0.4) is 0 Å². The molecule has 4 heteroatoms. The van der Waals surface area contributed by atoms with Gasteiger partial charge in [0.2, 0.25) is 0 Å². The average molecular weight is 299 g/mol. The van der Waals surface area contributed by atoms with E-state index in [9.17, 15) is 0 Å². The summed E-state index contributed by atoms with van der Waals surface area (Å²) in [5.74, 6) is 0.897. The summed E-state index contributed by atoms with van der Waals surface area (Å²) in [6.07, 6.45) is -0.157. The van der Waals surface area contributed by atoms with Crippen LogP contribution < -0.4 is 10.1 Å². The highest BCUT2D eigenvalue weighted by atomic mass is 16.7. The second kappa shape index (κ2) is 7.94. The topological polar surface area (TPSA) is 39.7 Å². The fourth-order valence-corrected chi connectivity index (χ4v) is 2.36. The fraction of sp³-hybridized carbons (Fsp3) is 0.333. The number of hydrogen-bond acceptors (Lipinski definition) is 4. The van der Waals surface area contributed by atoms with Crippen molar-refractivity contribution in [3.05, 3.63) is 66.2 Å². The van der Waals surface area contributed by atoms with E-state index < -0.39 is 0 Å². The number of ether oxygens (including phenoxy) is 3. The van der Waals surface area contributed by atoms with Crippen LogP contribution >= 0.6 is 0 Å². The lowest BCUT2D eigenvalue weighted by Crippen LogP contribution is -2.31. The Labute approximate surface area is 131 Å². The Hall–Kier alpha value is -1.88. The number of para-hydroxylation sites is 1. The van der Waals surface area contributed by atoms with Crippen molar-refractivity contribution in [3.8, 4) is 5.75 Å². The molecule has 0 amide bonds. The second-order valence-electron chi connectivity index (χ2n) is 5.20. The van der Waals surface area contributed by atoms with Gasteiger partial charge in [-0.1, -0.05) is 48.5 Å². The molecule has 0 unspecified atom stereocenters. The standard InChI is InChI=1S/C18H21NO3/c1-3-7-15(8-4-1)18-21-14-17(22-18)13-19-11-12-20-16-9-5-2-6-10-16/h1-10,17-19H,11-14H2/t17-,18+/m1/s1. The summed E-state index contributed by atoms with van der Waals surface area (Å²) in [5.41, 5.74) is 1.07. The first-order chi connectivity index (χ1) is 10.9. The van der Waals surface area contributed by atoms with Crippen molar-refractivity contribution < 1.29 is 14.2 Å². The predicted octanol–water partition coefficient (Wildman–Crippen LogP) is 2.77. The van der Waals surface area contributed by atoms with E-state index in [2.05, 4.69) is 5.32 Å². The monoisotopic (exact) mass is 299 g/mol. The Balaban J connectivity index is 1.32. The first kappa shape index (κ1) is 15.0. The predicted molar refractivity (Wildman–Crippen MR) is 84.8 cm³/mol. The molecule has 2 atom stereocenters. The Morgan fingerprint density at radius 2 is 1.73 bits per heavy atom. The van der Waals surface area contributed by atoms with Crippen LogP contribution in [-0.2, 0) is 9.47 Å². The van der Waals surface area contributed by atoms with Crippen LogP contribution in [0, 0.1) is 0 Å². The van der Waals surface area contributed by atoms with E-state index in [0.29, 0.717) is 13.2 Å². The molecule has 1 saturated heterocycles. The van der Waals surface area contributed by atoms with E-state index in [-0.39, 0.29) is 12.4 Å². The fourth-order valence-electron chi connectivity index (χ4n) is 2.36. The molecular formula is C18H21NO3. The van der Waals surface area contributed by atoms with Crippen LogP contribution in [0.1, 0.15) is 11.9 Å². The SMILES string of the molecule is c1ccc(OCCNC[C@@H]2CO[C@H](c3ccccc3)O2)cc1. The van der Waals surface area contributed by atoms with Gasteiger partial charge in [0.25, 0.3) is 0 Å². The molecule has 0 radical (unpaired) electrons. The Morgan fingerprint density at radius 1 is 1.00 bits per heavy atom. The Morgan fingerprint density at radius 3 is 2.50 bits per heavy atom. The summed E-state index contributed by atoms with van der Waals surface area (Å²) in [6.45, 7) is 2.80. The zero-order chi connectivity index (χ0) is 15.0. The smallest absolute Gasteiger partial charge is 0.184 e. The maximum Gasteiger partial charge on any atom is 0.184 e. The molecule has 1 fully saturated rings. The molecule has 0 aliphatic carbocycles. The van der Waals surface area contributed by atoms with Crippen LogP contribution in [0.25, 0.3) is 0 Å². The van der Waals surface area contributed by atoms with Gasteiger partial charge in [0.15, 0.2) is 6.29 Å². The van der Waals surface area contributed by atoms with Crippen molar-refractivity contribution >= 4 is 0 Å². The first-order valence-corrected chi connectivity index (χ1v) is 7.62. The minimum Gasteiger partial charge on any atom is -0.492 e. The molecule has 4 nitrogen and oxygen atoms in total. The van der Waals surface area contributed by atoms with Crippen LogP contribution in [0.4, 0.5) is 0 Å². The van der Waals surface area contributed by atoms with E-state index in [1.165, 1.54) is 0 Å². The van der Waals surface area contributed by atoms with Crippen molar-refractivity contribution in [1.82, 2.24) is 5.32 Å². The molecule has 0 bridgehead atoms. The van der Waals surface area contributed by atoms with Gasteiger partial charge in [-0.25, -0.2) is 0 Å². The number of hydrogen-bond donors (Lipinski definition) is 1. The average Bonchev–Trinajstić information content (AvgIpc) is 3.05. The summed E-state index contributed by atoms with van der Waals surface area (Å²) in [5, 5.41) is 3.34. The summed E-state index contributed by atoms with van der Waals surface area (Å²) in [4.78, 5) is 0. The van der Waals surface area contributed by atoms with Gasteiger partial charge in [-0.05, 0) is 12.1 Å². The van der Waals surface area contributed by atoms with E-state index in [4.69, 9.17) is 14.2 Å². The number of benzene rings is 2. The van der Waals surface area contributed by atoms with E-state index in [0.717, 1.165) is 24.4 Å². The lowest BCUT2D eigenvalue weighted by atomic mass is 10.2. The van der Waals surface area contributed by atoms with Crippen LogP contribution in [0.2, 0.25) is 0 Å². The zero-order valence-electron chi connectivity index (χ0n) is 12.5. The molecule has 1 aliphatic rings. The number of nitrogens with one attached hydrogen (secondary N) is 1. The van der Waals surface area contributed by atoms with Gasteiger partial charge in [-0.2, -0.15) is 0 Å². The van der Waals surface area contributed by atoms with Crippen molar-refractivity contribution in [2.75, 3.05) is 26.3 Å². The maximum atomic E-state index is 5.89. The molecule has 22 heavy (non-hydrogen) atoms. The lowest BCUT2D eigenvalue weighted by Gasteiger charge is -2.12. The summed E-state index contributed by atoms with van der Waals surface area (Å²) in [6, 6.07) is 19.9. The normalized spacial score (nSPS) is 20.9. The van der Waals surface area contributed by atoms with Crippen molar-refractivity contribution in [2.24, 2.45) is 0 Å². The van der Waals surface area contributed by atoms with Gasteiger partial charge >= 0.3 is 0 Å². The summed E-state index contributed by atoms with van der Waals surface area (Å²) in [7, 11) is 0.